The molecule has 0 aromatic heterocycles. The molecule has 0 fully saturated rings. The predicted octanol–water partition coefficient (Wildman–Crippen LogP) is 13.7. The zero-order chi connectivity index (χ0) is 56.6. The number of hydrogen-bond donors (Lipinski definition) is 0. The van der Waals surface area contributed by atoms with Gasteiger partial charge in [-0.15, -0.1) is 0 Å². The van der Waals surface area contributed by atoms with E-state index in [1.54, 1.807) is 0 Å². The summed E-state index contributed by atoms with van der Waals surface area (Å²) in [5.74, 6) is -193. The molecule has 406 valence electrons. The molecule has 0 N–H and O–H groups in total. The van der Waals surface area contributed by atoms with E-state index in [-0.39, 0.29) is 0 Å². The molecule has 0 heterocycles. The minimum Gasteiger partial charge on any atom is -0.462 e. The van der Waals surface area contributed by atoms with Gasteiger partial charge in [0.05, 0.1) is 6.61 Å². The fourth-order valence-electron chi connectivity index (χ4n) is 4.07. The SMILES string of the molecule is C=C(C(=O)OCC)C(F)(F)C(F)(F)C(F)(F)C(F)(F)C(F)(F)C(F)(F)C(F)(F)C(F)(F)C(F)(F)C(F)(F)C(F)(F)C(F)(F)C(F)(F)C(F)(F)C(F)(F)C(F)(F)C(F)(F)C(F)(F)C(F)(F)C(F)(F)F. The Morgan fingerprint density at radius 3 is 0.544 bits per heavy atom. The summed E-state index contributed by atoms with van der Waals surface area (Å²) in [4.78, 5) is 11.1. The number of carbonyl (C=O) groups is 1. The molecule has 2 nitrogen and oxygen atoms in total. The highest BCUT2D eigenvalue weighted by Gasteiger charge is 3.03. The summed E-state index contributed by atoms with van der Waals surface area (Å²) in [6.07, 6.45) is -8.54. The van der Waals surface area contributed by atoms with Crippen molar-refractivity contribution >= 4 is 5.97 Å². The molecule has 0 aromatic rings. The van der Waals surface area contributed by atoms with E-state index >= 15 is 0 Å². The largest absolute Gasteiger partial charge is 0.462 e. The second-order valence-electron chi connectivity index (χ2n) is 12.6. The first-order chi connectivity index (χ1) is 28.6. The van der Waals surface area contributed by atoms with Crippen molar-refractivity contribution in [2.24, 2.45) is 0 Å². The van der Waals surface area contributed by atoms with Crippen LogP contribution in [0.15, 0.2) is 12.2 Å². The molecule has 0 aliphatic heterocycles. The molecule has 43 heteroatoms. The number of rotatable bonds is 21. The topological polar surface area (TPSA) is 26.3 Å². The van der Waals surface area contributed by atoms with Gasteiger partial charge in [0, 0.05) is 0 Å². The molecule has 0 spiro atoms. The first kappa shape index (κ1) is 64.3. The van der Waals surface area contributed by atoms with Crippen molar-refractivity contribution in [3.05, 3.63) is 12.2 Å². The zero-order valence-corrected chi connectivity index (χ0v) is 29.7. The summed E-state index contributed by atoms with van der Waals surface area (Å²) in [5, 5.41) is 0. The van der Waals surface area contributed by atoms with Gasteiger partial charge in [0.1, 0.15) is 5.57 Å². The number of hydrogen-bond acceptors (Lipinski definition) is 2. The van der Waals surface area contributed by atoms with Gasteiger partial charge in [-0.05, 0) is 6.92 Å². The molecule has 68 heavy (non-hydrogen) atoms. The van der Waals surface area contributed by atoms with Gasteiger partial charge < -0.3 is 4.74 Å². The molecular formula is C25H7F41O2. The molecule has 0 atom stereocenters. The Kier molecular flexibility index (Phi) is 15.1. The Hall–Kier alpha value is -3.66. The van der Waals surface area contributed by atoms with E-state index in [0.717, 1.165) is 0 Å². The van der Waals surface area contributed by atoms with Crippen LogP contribution in [0.1, 0.15) is 6.92 Å². The van der Waals surface area contributed by atoms with Crippen molar-refractivity contribution in [1.82, 2.24) is 0 Å². The normalized spacial score (nSPS) is 16.9. The van der Waals surface area contributed by atoms with E-state index in [9.17, 15) is 185 Å². The first-order valence-electron chi connectivity index (χ1n) is 14.8. The summed E-state index contributed by atoms with van der Waals surface area (Å²) in [5.41, 5.74) is -3.67. The Bertz CT molecular complexity index is 1880. The minimum atomic E-state index is -10.7. The van der Waals surface area contributed by atoms with Gasteiger partial charge in [-0.3, -0.25) is 0 Å². The predicted molar refractivity (Wildman–Crippen MR) is 126 cm³/mol. The highest BCUT2D eigenvalue weighted by Crippen LogP contribution is 2.71. The van der Waals surface area contributed by atoms with Crippen molar-refractivity contribution in [3.63, 3.8) is 0 Å². The molecule has 0 aromatic carbocycles. The maximum absolute atomic E-state index is 14.1. The van der Waals surface area contributed by atoms with E-state index in [0.29, 0.717) is 6.92 Å². The van der Waals surface area contributed by atoms with Crippen LogP contribution in [0.25, 0.3) is 0 Å². The third-order valence-corrected chi connectivity index (χ3v) is 8.35. The molecule has 0 unspecified atom stereocenters. The summed E-state index contributed by atoms with van der Waals surface area (Å²) >= 11 is 0. The van der Waals surface area contributed by atoms with E-state index < -0.39 is 137 Å². The molecule has 0 aliphatic rings. The van der Waals surface area contributed by atoms with Crippen LogP contribution >= 0.6 is 0 Å². The van der Waals surface area contributed by atoms with Crippen molar-refractivity contribution in [2.45, 2.75) is 126 Å². The monoisotopic (exact) mass is 1120 g/mol. The molecule has 0 bridgehead atoms. The lowest BCUT2D eigenvalue weighted by molar-refractivity contribution is -0.495. The van der Waals surface area contributed by atoms with Gasteiger partial charge in [0.15, 0.2) is 0 Å². The van der Waals surface area contributed by atoms with Gasteiger partial charge in [0.25, 0.3) is 0 Å². The summed E-state index contributed by atoms with van der Waals surface area (Å²) in [7, 11) is 0. The molecule has 0 radical (unpaired) electrons. The van der Waals surface area contributed by atoms with Crippen LogP contribution in [0.5, 0.6) is 0 Å². The Morgan fingerprint density at radius 2 is 0.412 bits per heavy atom. The average molecular weight is 1120 g/mol. The highest BCUT2D eigenvalue weighted by atomic mass is 19.4. The molecule has 0 saturated heterocycles. The van der Waals surface area contributed by atoms with Gasteiger partial charge >= 0.3 is 125 Å². The second-order valence-corrected chi connectivity index (χ2v) is 12.6. The summed E-state index contributed by atoms with van der Waals surface area (Å²) < 4.78 is 567. The first-order valence-corrected chi connectivity index (χ1v) is 14.8. The van der Waals surface area contributed by atoms with Crippen LogP contribution < -0.4 is 0 Å². The standard InChI is InChI=1S/C25H7F41O2/c1-3-68-5(67)4(2)6(26,27)7(28,29)8(30,31)9(32,33)10(34,35)11(36,37)12(38,39)13(40,41)14(42,43)15(44,45)16(46,47)17(48,49)18(50,51)19(52,53)20(54,55)21(56,57)22(58,59)23(60,61)24(62,63)25(64,65)66/h2-3H2,1H3. The number of halogens is 41. The third kappa shape index (κ3) is 7.21. The molecule has 0 rings (SSSR count). The van der Waals surface area contributed by atoms with Crippen molar-refractivity contribution < 1.29 is 190 Å². The third-order valence-electron chi connectivity index (χ3n) is 8.35. The van der Waals surface area contributed by atoms with Crippen LogP contribution in [0.3, 0.4) is 0 Å². The summed E-state index contributed by atoms with van der Waals surface area (Å²) in [6.45, 7) is 0.581. The molecule has 0 aliphatic carbocycles. The van der Waals surface area contributed by atoms with Crippen molar-refractivity contribution in [1.29, 1.82) is 0 Å². The number of esters is 1. The van der Waals surface area contributed by atoms with E-state index in [1.807, 2.05) is 0 Å². The van der Waals surface area contributed by atoms with Crippen LogP contribution in [0.4, 0.5) is 180 Å². The number of carbonyl (C=O) groups excluding carboxylic acids is 1. The maximum atomic E-state index is 14.1. The average Bonchev–Trinajstić information content (AvgIpc) is 3.12. The van der Waals surface area contributed by atoms with Crippen LogP contribution in [0.2, 0.25) is 0 Å². The number of ether oxygens (including phenoxy) is 1. The Morgan fingerprint density at radius 1 is 0.279 bits per heavy atom. The van der Waals surface area contributed by atoms with Gasteiger partial charge in [-0.1, -0.05) is 6.58 Å². The Labute approximate surface area is 341 Å². The molecule has 0 amide bonds. The van der Waals surface area contributed by atoms with E-state index in [4.69, 9.17) is 0 Å². The minimum absolute atomic E-state index is 0.473. The van der Waals surface area contributed by atoms with E-state index in [1.165, 1.54) is 6.58 Å². The van der Waals surface area contributed by atoms with Gasteiger partial charge in [-0.25, -0.2) is 4.79 Å². The lowest BCUT2D eigenvalue weighted by Crippen LogP contribution is -2.80. The lowest BCUT2D eigenvalue weighted by Gasteiger charge is -2.47. The lowest BCUT2D eigenvalue weighted by atomic mass is 9.81. The van der Waals surface area contributed by atoms with Crippen LogP contribution in [0, 0.1) is 0 Å². The molecular weight excluding hydrogens is 1110 g/mol. The molecule has 0 saturated carbocycles. The highest BCUT2D eigenvalue weighted by molar-refractivity contribution is 5.90. The summed E-state index contributed by atoms with van der Waals surface area (Å²) in [6, 6.07) is 0. The fraction of sp³-hybridized carbons (Fsp3) is 0.880. The van der Waals surface area contributed by atoms with Crippen molar-refractivity contribution in [3.8, 4) is 0 Å². The van der Waals surface area contributed by atoms with E-state index in [2.05, 4.69) is 4.74 Å². The smallest absolute Gasteiger partial charge is 0.460 e. The van der Waals surface area contributed by atoms with Gasteiger partial charge in [0.2, 0.25) is 0 Å². The number of alkyl halides is 41. The van der Waals surface area contributed by atoms with Crippen LogP contribution in [-0.4, -0.2) is 131 Å². The van der Waals surface area contributed by atoms with Crippen molar-refractivity contribution in [2.75, 3.05) is 6.61 Å². The maximum Gasteiger partial charge on any atom is 0.460 e. The fourth-order valence-corrected chi connectivity index (χ4v) is 4.07. The quantitative estimate of drug-likeness (QED) is 0.0650. The second kappa shape index (κ2) is 15.9. The van der Waals surface area contributed by atoms with Gasteiger partial charge in [-0.2, -0.15) is 180 Å². The Balaban J connectivity index is 8.02. The zero-order valence-electron chi connectivity index (χ0n) is 29.7. The van der Waals surface area contributed by atoms with Crippen LogP contribution in [-0.2, 0) is 9.53 Å².